The Bertz CT molecular complexity index is 1400. The minimum Gasteiger partial charge on any atom is -0.486 e. The van der Waals surface area contributed by atoms with Crippen molar-refractivity contribution in [2.45, 2.75) is 6.04 Å². The molecule has 35 heavy (non-hydrogen) atoms. The number of nitrogens with one attached hydrogen (secondary N) is 1. The number of aliphatic hydroxyl groups excluding tert-OH is 2. The van der Waals surface area contributed by atoms with Crippen LogP contribution in [0.25, 0.3) is 22.2 Å². The molecule has 180 valence electrons. The Morgan fingerprint density at radius 3 is 2.74 bits per heavy atom. The van der Waals surface area contributed by atoms with Crippen LogP contribution in [-0.2, 0) is 7.05 Å². The summed E-state index contributed by atoms with van der Waals surface area (Å²) < 4.78 is 13.1. The summed E-state index contributed by atoms with van der Waals surface area (Å²) in [5, 5.41) is 26.8. The van der Waals surface area contributed by atoms with E-state index in [9.17, 15) is 10.2 Å². The van der Waals surface area contributed by atoms with Gasteiger partial charge in [-0.2, -0.15) is 5.10 Å². The van der Waals surface area contributed by atoms with E-state index >= 15 is 0 Å². The Labute approximate surface area is 206 Å². The molecule has 0 fully saturated rings. The molecule has 0 radical (unpaired) electrons. The molecular weight excluding hydrogens is 470 g/mol. The van der Waals surface area contributed by atoms with Crippen molar-refractivity contribution in [3.05, 3.63) is 59.2 Å². The number of aryl methyl sites for hydroxylation is 1. The third-order valence-corrected chi connectivity index (χ3v) is 6.08. The van der Waals surface area contributed by atoms with Gasteiger partial charge in [-0.15, -0.1) is 0 Å². The van der Waals surface area contributed by atoms with Gasteiger partial charge in [-0.3, -0.25) is 9.67 Å². The molecule has 10 heteroatoms. The molecule has 0 saturated carbocycles. The second kappa shape index (κ2) is 9.91. The van der Waals surface area contributed by atoms with Crippen molar-refractivity contribution in [3.63, 3.8) is 0 Å². The molecule has 0 amide bonds. The molecule has 2 aromatic heterocycles. The van der Waals surface area contributed by atoms with Crippen LogP contribution < -0.4 is 14.8 Å². The number of aromatic nitrogens is 3. The monoisotopic (exact) mass is 493 g/mol. The van der Waals surface area contributed by atoms with Crippen molar-refractivity contribution in [1.82, 2.24) is 14.8 Å². The Hall–Kier alpha value is -3.66. The molecule has 0 spiro atoms. The van der Waals surface area contributed by atoms with Crippen LogP contribution in [-0.4, -0.2) is 63.7 Å². The Balaban J connectivity index is 1.44. The number of anilines is 2. The zero-order valence-electron chi connectivity index (χ0n) is 19.0. The van der Waals surface area contributed by atoms with E-state index in [1.165, 1.54) is 0 Å². The molecule has 0 saturated heterocycles. The lowest BCUT2D eigenvalue weighted by molar-refractivity contribution is 0.171. The normalized spacial score (nSPS) is 13.2. The van der Waals surface area contributed by atoms with Gasteiger partial charge in [-0.05, 0) is 29.8 Å². The first-order valence-corrected chi connectivity index (χ1v) is 11.5. The van der Waals surface area contributed by atoms with Crippen LogP contribution in [0, 0.1) is 0 Å². The molecule has 1 aliphatic rings. The third kappa shape index (κ3) is 4.66. The number of fused-ring (bicyclic) bond motifs is 2. The highest BCUT2D eigenvalue weighted by Gasteiger charge is 2.17. The Morgan fingerprint density at radius 2 is 1.94 bits per heavy atom. The van der Waals surface area contributed by atoms with Gasteiger partial charge >= 0.3 is 0 Å². The SMILES string of the molecule is Cn1nc(Nc2cccc(-c3ccc4c(c3)OCCO4)c2Cl)c2ncc(C=NC(CO)CO)cc21. The van der Waals surface area contributed by atoms with Gasteiger partial charge in [0.1, 0.15) is 18.7 Å². The predicted octanol–water partition coefficient (Wildman–Crippen LogP) is 3.58. The fourth-order valence-corrected chi connectivity index (χ4v) is 4.12. The summed E-state index contributed by atoms with van der Waals surface area (Å²) in [6.45, 7) is 0.602. The van der Waals surface area contributed by atoms with E-state index in [0.29, 0.717) is 41.0 Å². The third-order valence-electron chi connectivity index (χ3n) is 5.67. The van der Waals surface area contributed by atoms with Gasteiger partial charge in [-0.1, -0.05) is 29.8 Å². The van der Waals surface area contributed by atoms with Crippen LogP contribution in [0.1, 0.15) is 5.56 Å². The summed E-state index contributed by atoms with van der Waals surface area (Å²) in [4.78, 5) is 8.72. The zero-order chi connectivity index (χ0) is 24.4. The molecule has 2 aromatic carbocycles. The Morgan fingerprint density at radius 1 is 1.14 bits per heavy atom. The molecule has 9 nitrogen and oxygen atoms in total. The molecule has 5 rings (SSSR count). The van der Waals surface area contributed by atoms with Gasteiger partial charge in [0.15, 0.2) is 17.3 Å². The number of halogens is 1. The fraction of sp³-hybridized carbons (Fsp3) is 0.240. The van der Waals surface area contributed by atoms with E-state index in [4.69, 9.17) is 21.1 Å². The highest BCUT2D eigenvalue weighted by atomic mass is 35.5. The summed E-state index contributed by atoms with van der Waals surface area (Å²) in [5.74, 6) is 1.99. The smallest absolute Gasteiger partial charge is 0.179 e. The molecule has 3 heterocycles. The zero-order valence-corrected chi connectivity index (χ0v) is 19.7. The highest BCUT2D eigenvalue weighted by molar-refractivity contribution is 6.36. The number of aliphatic imine (C=N–C) groups is 1. The van der Waals surface area contributed by atoms with Crippen LogP contribution >= 0.6 is 11.6 Å². The van der Waals surface area contributed by atoms with Crippen LogP contribution in [0.2, 0.25) is 5.02 Å². The van der Waals surface area contributed by atoms with Crippen molar-refractivity contribution in [1.29, 1.82) is 0 Å². The molecule has 0 bridgehead atoms. The fourth-order valence-electron chi connectivity index (χ4n) is 3.84. The van der Waals surface area contributed by atoms with Gasteiger partial charge in [-0.25, -0.2) is 4.98 Å². The number of hydrogen-bond donors (Lipinski definition) is 3. The lowest BCUT2D eigenvalue weighted by Crippen LogP contribution is -2.15. The van der Waals surface area contributed by atoms with Gasteiger partial charge in [0.05, 0.1) is 35.5 Å². The summed E-state index contributed by atoms with van der Waals surface area (Å²) in [6, 6.07) is 12.9. The number of benzene rings is 2. The molecule has 0 unspecified atom stereocenters. The molecule has 4 aromatic rings. The van der Waals surface area contributed by atoms with Crippen molar-refractivity contribution in [2.75, 3.05) is 31.7 Å². The van der Waals surface area contributed by atoms with Crippen molar-refractivity contribution < 1.29 is 19.7 Å². The second-order valence-corrected chi connectivity index (χ2v) is 8.43. The Kier molecular flexibility index (Phi) is 6.54. The summed E-state index contributed by atoms with van der Waals surface area (Å²) in [7, 11) is 1.83. The van der Waals surface area contributed by atoms with Crippen molar-refractivity contribution in [3.8, 4) is 22.6 Å². The molecule has 0 atom stereocenters. The lowest BCUT2D eigenvalue weighted by atomic mass is 10.0. The van der Waals surface area contributed by atoms with Crippen molar-refractivity contribution >= 4 is 40.4 Å². The van der Waals surface area contributed by atoms with E-state index in [0.717, 1.165) is 28.0 Å². The van der Waals surface area contributed by atoms with E-state index in [1.54, 1.807) is 17.1 Å². The van der Waals surface area contributed by atoms with Crippen LogP contribution in [0.5, 0.6) is 11.5 Å². The minimum atomic E-state index is -0.557. The first-order valence-electron chi connectivity index (χ1n) is 11.1. The number of aliphatic hydroxyl groups is 2. The van der Waals surface area contributed by atoms with Gasteiger partial charge in [0.25, 0.3) is 0 Å². The first-order chi connectivity index (χ1) is 17.1. The molecule has 0 aliphatic carbocycles. The molecule has 1 aliphatic heterocycles. The number of rotatable bonds is 7. The largest absolute Gasteiger partial charge is 0.486 e. The quantitative estimate of drug-likeness (QED) is 0.337. The second-order valence-electron chi connectivity index (χ2n) is 8.06. The summed E-state index contributed by atoms with van der Waals surface area (Å²) in [6.07, 6.45) is 3.25. The maximum absolute atomic E-state index is 9.20. The van der Waals surface area contributed by atoms with Gasteiger partial charge < -0.3 is 25.0 Å². The molecular formula is C25H24ClN5O4. The standard InChI is InChI=1S/C25H24ClN5O4/c1-31-20-9-15(11-27-17(13-32)14-33)12-28-24(20)25(30-31)29-19-4-2-3-18(23(19)26)16-5-6-21-22(10-16)35-8-7-34-21/h2-6,9-12,17,32-33H,7-8,13-14H2,1H3,(H,29,30). The molecule has 3 N–H and O–H groups in total. The first kappa shape index (κ1) is 23.1. The van der Waals surface area contributed by atoms with Crippen LogP contribution in [0.4, 0.5) is 11.5 Å². The minimum absolute atomic E-state index is 0.228. The lowest BCUT2D eigenvalue weighted by Gasteiger charge is -2.19. The maximum atomic E-state index is 9.20. The van der Waals surface area contributed by atoms with E-state index in [-0.39, 0.29) is 13.2 Å². The average Bonchev–Trinajstić information content (AvgIpc) is 3.20. The number of pyridine rings is 1. The number of hydrogen-bond acceptors (Lipinski definition) is 8. The van der Waals surface area contributed by atoms with Gasteiger partial charge in [0.2, 0.25) is 0 Å². The van der Waals surface area contributed by atoms with E-state index in [2.05, 4.69) is 20.4 Å². The number of nitrogens with zero attached hydrogens (tertiary/aromatic N) is 4. The summed E-state index contributed by atoms with van der Waals surface area (Å²) in [5.41, 5.74) is 4.66. The van der Waals surface area contributed by atoms with Crippen LogP contribution in [0.3, 0.4) is 0 Å². The number of ether oxygens (including phenoxy) is 2. The van der Waals surface area contributed by atoms with Crippen LogP contribution in [0.15, 0.2) is 53.7 Å². The van der Waals surface area contributed by atoms with E-state index in [1.807, 2.05) is 49.5 Å². The van der Waals surface area contributed by atoms with Crippen molar-refractivity contribution in [2.24, 2.45) is 12.0 Å². The summed E-state index contributed by atoms with van der Waals surface area (Å²) >= 11 is 6.81. The van der Waals surface area contributed by atoms with Gasteiger partial charge in [0, 0.05) is 30.6 Å². The highest BCUT2D eigenvalue weighted by Crippen LogP contribution is 2.40. The predicted molar refractivity (Wildman–Crippen MR) is 135 cm³/mol. The average molecular weight is 494 g/mol. The maximum Gasteiger partial charge on any atom is 0.179 e. The van der Waals surface area contributed by atoms with E-state index < -0.39 is 6.04 Å². The topological polar surface area (TPSA) is 114 Å².